The van der Waals surface area contributed by atoms with E-state index in [1.807, 2.05) is 32.0 Å². The van der Waals surface area contributed by atoms with E-state index in [4.69, 9.17) is 4.74 Å². The highest BCUT2D eigenvalue weighted by molar-refractivity contribution is 5.95. The van der Waals surface area contributed by atoms with Crippen molar-refractivity contribution < 1.29 is 19.2 Å². The quantitative estimate of drug-likeness (QED) is 0.371. The van der Waals surface area contributed by atoms with Crippen molar-refractivity contribution in [1.29, 1.82) is 0 Å². The average Bonchev–Trinajstić information content (AvgIpc) is 2.61. The normalized spacial score (nSPS) is 10.5. The second-order valence-electron chi connectivity index (χ2n) is 5.66. The average molecular weight is 354 g/mol. The lowest BCUT2D eigenvalue weighted by atomic mass is 10.1. The monoisotopic (exact) mass is 354 g/mol. The molecule has 7 nitrogen and oxygen atoms in total. The Morgan fingerprint density at radius 2 is 1.96 bits per heavy atom. The standard InChI is InChI=1S/C19H18N2O5/c1-13-6-7-14(2)17(10-13)20-18(22)12-26-19(23)9-8-15-4-3-5-16(11-15)21(24)25/h3-11H,12H2,1-2H3,(H,20,22). The van der Waals surface area contributed by atoms with Gasteiger partial charge in [0.2, 0.25) is 0 Å². The van der Waals surface area contributed by atoms with Crippen molar-refractivity contribution in [3.05, 3.63) is 75.3 Å². The molecule has 2 aromatic carbocycles. The Hall–Kier alpha value is -3.48. The number of nitrogens with zero attached hydrogens (tertiary/aromatic N) is 1. The first-order valence-corrected chi connectivity index (χ1v) is 7.81. The zero-order chi connectivity index (χ0) is 19.1. The first-order chi connectivity index (χ1) is 12.3. The van der Waals surface area contributed by atoms with Crippen LogP contribution < -0.4 is 5.32 Å². The summed E-state index contributed by atoms with van der Waals surface area (Å²) in [7, 11) is 0. The molecule has 26 heavy (non-hydrogen) atoms. The molecule has 0 saturated carbocycles. The number of aryl methyl sites for hydroxylation is 2. The number of ether oxygens (including phenoxy) is 1. The molecule has 134 valence electrons. The summed E-state index contributed by atoms with van der Waals surface area (Å²) in [5.41, 5.74) is 2.98. The van der Waals surface area contributed by atoms with E-state index in [0.29, 0.717) is 11.3 Å². The molecule has 0 atom stereocenters. The number of hydrogen-bond acceptors (Lipinski definition) is 5. The molecule has 2 aromatic rings. The van der Waals surface area contributed by atoms with Crippen LogP contribution in [0.2, 0.25) is 0 Å². The number of non-ortho nitro benzene ring substituents is 1. The topological polar surface area (TPSA) is 98.5 Å². The van der Waals surface area contributed by atoms with Gasteiger partial charge in [0.25, 0.3) is 11.6 Å². The van der Waals surface area contributed by atoms with E-state index in [-0.39, 0.29) is 5.69 Å². The van der Waals surface area contributed by atoms with Crippen LogP contribution in [-0.4, -0.2) is 23.4 Å². The van der Waals surface area contributed by atoms with Crippen molar-refractivity contribution in [2.45, 2.75) is 13.8 Å². The lowest BCUT2D eigenvalue weighted by Gasteiger charge is -2.09. The van der Waals surface area contributed by atoms with E-state index in [9.17, 15) is 19.7 Å². The number of nitro groups is 1. The summed E-state index contributed by atoms with van der Waals surface area (Å²) in [5, 5.41) is 13.4. The summed E-state index contributed by atoms with van der Waals surface area (Å²) in [6, 6.07) is 11.5. The number of benzene rings is 2. The Morgan fingerprint density at radius 1 is 1.19 bits per heavy atom. The van der Waals surface area contributed by atoms with E-state index in [1.54, 1.807) is 6.07 Å². The van der Waals surface area contributed by atoms with Crippen LogP contribution in [0, 0.1) is 24.0 Å². The smallest absolute Gasteiger partial charge is 0.331 e. The Labute approximate surface area is 150 Å². The first-order valence-electron chi connectivity index (χ1n) is 7.81. The molecule has 0 fully saturated rings. The molecule has 0 heterocycles. The highest BCUT2D eigenvalue weighted by Gasteiger charge is 2.08. The van der Waals surface area contributed by atoms with Crippen LogP contribution >= 0.6 is 0 Å². The molecule has 1 amide bonds. The number of rotatable bonds is 6. The molecule has 1 N–H and O–H groups in total. The van der Waals surface area contributed by atoms with Crippen LogP contribution in [0.1, 0.15) is 16.7 Å². The van der Waals surface area contributed by atoms with Crippen LogP contribution in [0.15, 0.2) is 48.5 Å². The summed E-state index contributed by atoms with van der Waals surface area (Å²) in [6.07, 6.45) is 2.50. The van der Waals surface area contributed by atoms with Crippen LogP contribution in [0.25, 0.3) is 6.08 Å². The number of esters is 1. The second-order valence-corrected chi connectivity index (χ2v) is 5.66. The van der Waals surface area contributed by atoms with Gasteiger partial charge in [-0.15, -0.1) is 0 Å². The molecule has 0 spiro atoms. The number of carbonyl (C=O) groups is 2. The maximum atomic E-state index is 11.9. The Kier molecular flexibility index (Phi) is 6.21. The van der Waals surface area contributed by atoms with Gasteiger partial charge >= 0.3 is 5.97 Å². The summed E-state index contributed by atoms with van der Waals surface area (Å²) >= 11 is 0. The van der Waals surface area contributed by atoms with Gasteiger partial charge in [0.15, 0.2) is 6.61 Å². The largest absolute Gasteiger partial charge is 0.452 e. The molecule has 0 bridgehead atoms. The van der Waals surface area contributed by atoms with E-state index in [1.165, 1.54) is 24.3 Å². The lowest BCUT2D eigenvalue weighted by Crippen LogP contribution is -2.20. The molecule has 7 heteroatoms. The summed E-state index contributed by atoms with van der Waals surface area (Å²) in [4.78, 5) is 33.8. The first kappa shape index (κ1) is 18.9. The highest BCUT2D eigenvalue weighted by Crippen LogP contribution is 2.16. The van der Waals surface area contributed by atoms with Crippen molar-refractivity contribution >= 4 is 29.3 Å². The van der Waals surface area contributed by atoms with E-state index < -0.39 is 23.4 Å². The number of carbonyl (C=O) groups excluding carboxylic acids is 2. The number of nitrogens with one attached hydrogen (secondary N) is 1. The molecular formula is C19H18N2O5. The predicted molar refractivity (Wildman–Crippen MR) is 97.6 cm³/mol. The van der Waals surface area contributed by atoms with Crippen molar-refractivity contribution in [2.24, 2.45) is 0 Å². The molecule has 2 rings (SSSR count). The fourth-order valence-electron chi connectivity index (χ4n) is 2.15. The fourth-order valence-corrected chi connectivity index (χ4v) is 2.15. The molecule has 0 radical (unpaired) electrons. The van der Waals surface area contributed by atoms with Gasteiger partial charge in [-0.05, 0) is 42.7 Å². The van der Waals surface area contributed by atoms with E-state index >= 15 is 0 Å². The molecule has 0 aliphatic heterocycles. The van der Waals surface area contributed by atoms with Gasteiger partial charge in [-0.1, -0.05) is 24.3 Å². The third-order valence-corrected chi connectivity index (χ3v) is 3.51. The Balaban J connectivity index is 1.88. The number of amides is 1. The van der Waals surface area contributed by atoms with Gasteiger partial charge in [-0.25, -0.2) is 4.79 Å². The molecule has 0 aromatic heterocycles. The highest BCUT2D eigenvalue weighted by atomic mass is 16.6. The molecule has 0 aliphatic carbocycles. The zero-order valence-corrected chi connectivity index (χ0v) is 14.4. The number of nitro benzene ring substituents is 1. The van der Waals surface area contributed by atoms with Crippen molar-refractivity contribution in [2.75, 3.05) is 11.9 Å². The van der Waals surface area contributed by atoms with E-state index in [2.05, 4.69) is 5.32 Å². The zero-order valence-electron chi connectivity index (χ0n) is 14.4. The molecular weight excluding hydrogens is 336 g/mol. The number of hydrogen-bond donors (Lipinski definition) is 1. The lowest BCUT2D eigenvalue weighted by molar-refractivity contribution is -0.384. The maximum absolute atomic E-state index is 11.9. The Morgan fingerprint density at radius 3 is 2.69 bits per heavy atom. The third kappa shape index (κ3) is 5.55. The molecule has 0 aliphatic rings. The SMILES string of the molecule is Cc1ccc(C)c(NC(=O)COC(=O)C=Cc2cccc([N+](=O)[O-])c2)c1. The van der Waals surface area contributed by atoms with Gasteiger partial charge < -0.3 is 10.1 Å². The van der Waals surface area contributed by atoms with Gasteiger partial charge in [-0.2, -0.15) is 0 Å². The maximum Gasteiger partial charge on any atom is 0.331 e. The molecule has 0 saturated heterocycles. The van der Waals surface area contributed by atoms with Gasteiger partial charge in [0, 0.05) is 23.9 Å². The van der Waals surface area contributed by atoms with Crippen LogP contribution in [-0.2, 0) is 14.3 Å². The van der Waals surface area contributed by atoms with Gasteiger partial charge in [0.1, 0.15) is 0 Å². The van der Waals surface area contributed by atoms with Gasteiger partial charge in [-0.3, -0.25) is 14.9 Å². The summed E-state index contributed by atoms with van der Waals surface area (Å²) in [5.74, 6) is -1.16. The van der Waals surface area contributed by atoms with Gasteiger partial charge in [0.05, 0.1) is 4.92 Å². The minimum atomic E-state index is -0.715. The summed E-state index contributed by atoms with van der Waals surface area (Å²) < 4.78 is 4.87. The minimum absolute atomic E-state index is 0.0755. The predicted octanol–water partition coefficient (Wildman–Crippen LogP) is 3.41. The second kappa shape index (κ2) is 8.57. The van der Waals surface area contributed by atoms with Crippen LogP contribution in [0.4, 0.5) is 11.4 Å². The van der Waals surface area contributed by atoms with Crippen molar-refractivity contribution in [3.63, 3.8) is 0 Å². The minimum Gasteiger partial charge on any atom is -0.452 e. The molecule has 0 unspecified atom stereocenters. The third-order valence-electron chi connectivity index (χ3n) is 3.51. The van der Waals surface area contributed by atoms with Crippen molar-refractivity contribution in [1.82, 2.24) is 0 Å². The van der Waals surface area contributed by atoms with Crippen LogP contribution in [0.3, 0.4) is 0 Å². The van der Waals surface area contributed by atoms with Crippen LogP contribution in [0.5, 0.6) is 0 Å². The number of anilines is 1. The fraction of sp³-hybridized carbons (Fsp3) is 0.158. The Bertz CT molecular complexity index is 874. The van der Waals surface area contributed by atoms with Crippen molar-refractivity contribution in [3.8, 4) is 0 Å². The summed E-state index contributed by atoms with van der Waals surface area (Å²) in [6.45, 7) is 3.35. The van der Waals surface area contributed by atoms with E-state index in [0.717, 1.165) is 17.2 Å².